The number of benzene rings is 1. The maximum absolute atomic E-state index is 5.36. The molecule has 2 aliphatic rings. The molecular weight excluding hydrogens is 306 g/mol. The van der Waals surface area contributed by atoms with Crippen LogP contribution in [0.2, 0.25) is 0 Å². The summed E-state index contributed by atoms with van der Waals surface area (Å²) in [6.45, 7) is 11.9. The first-order valence-corrected chi connectivity index (χ1v) is 9.56. The molecular formula is C23H29NO. The number of aromatic nitrogens is 1. The van der Waals surface area contributed by atoms with Crippen LogP contribution in [0.15, 0.2) is 28.9 Å². The number of hydrogen-bond acceptors (Lipinski definition) is 2. The van der Waals surface area contributed by atoms with Gasteiger partial charge in [0.15, 0.2) is 5.76 Å². The number of hydrogen-bond donors (Lipinski definition) is 0. The predicted molar refractivity (Wildman–Crippen MR) is 104 cm³/mol. The van der Waals surface area contributed by atoms with Crippen molar-refractivity contribution in [2.75, 3.05) is 0 Å². The van der Waals surface area contributed by atoms with Crippen molar-refractivity contribution < 1.29 is 4.52 Å². The molecule has 2 heteroatoms. The second kappa shape index (κ2) is 5.59. The van der Waals surface area contributed by atoms with E-state index in [9.17, 15) is 0 Å². The fourth-order valence-electron chi connectivity index (χ4n) is 4.30. The van der Waals surface area contributed by atoms with Gasteiger partial charge >= 0.3 is 0 Å². The Balaban J connectivity index is 1.88. The van der Waals surface area contributed by atoms with Gasteiger partial charge in [0.05, 0.1) is 6.20 Å². The Morgan fingerprint density at radius 1 is 1.08 bits per heavy atom. The Bertz CT molecular complexity index is 820. The van der Waals surface area contributed by atoms with Crippen LogP contribution in [0.4, 0.5) is 0 Å². The van der Waals surface area contributed by atoms with Crippen LogP contribution in [-0.2, 0) is 10.8 Å². The number of nitrogens with zero attached hydrogens (tertiary/aromatic N) is 1. The van der Waals surface area contributed by atoms with Crippen LogP contribution in [0, 0.1) is 12.8 Å². The quantitative estimate of drug-likeness (QED) is 0.659. The summed E-state index contributed by atoms with van der Waals surface area (Å²) in [5, 5.41) is 3.86. The van der Waals surface area contributed by atoms with Gasteiger partial charge < -0.3 is 4.52 Å². The van der Waals surface area contributed by atoms with Crippen LogP contribution < -0.4 is 0 Å². The van der Waals surface area contributed by atoms with E-state index in [1.54, 1.807) is 11.8 Å². The molecule has 0 spiro atoms. The zero-order chi connectivity index (χ0) is 17.8. The zero-order valence-corrected chi connectivity index (χ0v) is 16.1. The smallest absolute Gasteiger partial charge is 0.159 e. The molecule has 0 aliphatic heterocycles. The van der Waals surface area contributed by atoms with Gasteiger partial charge in [-0.25, -0.2) is 0 Å². The lowest BCUT2D eigenvalue weighted by atomic mass is 9.62. The summed E-state index contributed by atoms with van der Waals surface area (Å²) in [6.07, 6.45) is 9.01. The second-order valence-electron chi connectivity index (χ2n) is 9.27. The molecule has 132 valence electrons. The first-order valence-electron chi connectivity index (χ1n) is 9.56. The van der Waals surface area contributed by atoms with E-state index in [1.807, 2.05) is 6.07 Å². The molecule has 0 amide bonds. The Hall–Kier alpha value is -1.83. The second-order valence-corrected chi connectivity index (χ2v) is 9.27. The van der Waals surface area contributed by atoms with Crippen molar-refractivity contribution in [3.63, 3.8) is 0 Å². The molecule has 25 heavy (non-hydrogen) atoms. The molecule has 2 aromatic rings. The van der Waals surface area contributed by atoms with Crippen LogP contribution >= 0.6 is 0 Å². The van der Waals surface area contributed by atoms with Gasteiger partial charge in [0.2, 0.25) is 0 Å². The third-order valence-electron chi connectivity index (χ3n) is 6.28. The van der Waals surface area contributed by atoms with Crippen molar-refractivity contribution in [3.05, 3.63) is 52.4 Å². The molecule has 1 fully saturated rings. The Morgan fingerprint density at radius 3 is 2.28 bits per heavy atom. The molecule has 0 saturated heterocycles. The highest BCUT2D eigenvalue weighted by atomic mass is 16.5. The van der Waals surface area contributed by atoms with Crippen molar-refractivity contribution in [2.24, 2.45) is 5.92 Å². The summed E-state index contributed by atoms with van der Waals surface area (Å²) in [5.74, 6) is 1.53. The number of fused-ring (bicyclic) bond motifs is 1. The van der Waals surface area contributed by atoms with Crippen LogP contribution in [0.25, 0.3) is 11.6 Å². The van der Waals surface area contributed by atoms with Crippen LogP contribution in [-0.4, -0.2) is 5.16 Å². The molecule has 2 aliphatic carbocycles. The first kappa shape index (κ1) is 16.6. The lowest BCUT2D eigenvalue weighted by Crippen LogP contribution is -2.34. The topological polar surface area (TPSA) is 26.0 Å². The van der Waals surface area contributed by atoms with E-state index in [0.717, 1.165) is 5.76 Å². The number of aryl methyl sites for hydroxylation is 1. The monoisotopic (exact) mass is 335 g/mol. The summed E-state index contributed by atoms with van der Waals surface area (Å²) < 4.78 is 5.36. The Labute approximate surface area is 151 Å². The van der Waals surface area contributed by atoms with Gasteiger partial charge in [0.1, 0.15) is 0 Å². The Morgan fingerprint density at radius 2 is 1.72 bits per heavy atom. The van der Waals surface area contributed by atoms with Crippen molar-refractivity contribution in [1.29, 1.82) is 0 Å². The third kappa shape index (κ3) is 2.96. The standard InChI is InChI=1S/C23H29NO/c1-15-12-20-21(23(4,5)10-9-22(20,2)3)14-18(15)19(16-6-7-16)13-17-8-11-24-25-17/h8,11-14,16H,6-7,9-10H2,1-5H3. The summed E-state index contributed by atoms with van der Waals surface area (Å²) in [6, 6.07) is 6.90. The summed E-state index contributed by atoms with van der Waals surface area (Å²) in [5.41, 5.74) is 7.81. The summed E-state index contributed by atoms with van der Waals surface area (Å²) in [7, 11) is 0. The molecule has 4 rings (SSSR count). The normalized spacial score (nSPS) is 21.9. The van der Waals surface area contributed by atoms with Gasteiger partial charge in [0.25, 0.3) is 0 Å². The molecule has 1 aromatic carbocycles. The molecule has 0 radical (unpaired) electrons. The molecule has 2 nitrogen and oxygen atoms in total. The summed E-state index contributed by atoms with van der Waals surface area (Å²) >= 11 is 0. The summed E-state index contributed by atoms with van der Waals surface area (Å²) in [4.78, 5) is 0. The van der Waals surface area contributed by atoms with Crippen LogP contribution in [0.1, 0.15) is 81.4 Å². The Kier molecular flexibility index (Phi) is 3.72. The van der Waals surface area contributed by atoms with E-state index in [4.69, 9.17) is 4.52 Å². The van der Waals surface area contributed by atoms with E-state index in [2.05, 4.69) is 58.0 Å². The minimum atomic E-state index is 0.244. The molecule has 1 aromatic heterocycles. The fourth-order valence-corrected chi connectivity index (χ4v) is 4.30. The van der Waals surface area contributed by atoms with Gasteiger partial charge in [-0.1, -0.05) is 45.0 Å². The minimum absolute atomic E-state index is 0.244. The van der Waals surface area contributed by atoms with E-state index in [0.29, 0.717) is 5.92 Å². The lowest BCUT2D eigenvalue weighted by molar-refractivity contribution is 0.331. The van der Waals surface area contributed by atoms with Crippen molar-refractivity contribution >= 4 is 11.6 Å². The number of allylic oxidation sites excluding steroid dienone is 1. The van der Waals surface area contributed by atoms with Crippen molar-refractivity contribution in [3.8, 4) is 0 Å². The highest BCUT2D eigenvalue weighted by Crippen LogP contribution is 2.49. The van der Waals surface area contributed by atoms with Gasteiger partial charge in [-0.2, -0.15) is 0 Å². The third-order valence-corrected chi connectivity index (χ3v) is 6.28. The maximum Gasteiger partial charge on any atom is 0.159 e. The van der Waals surface area contributed by atoms with Gasteiger partial charge in [-0.15, -0.1) is 0 Å². The molecule has 0 N–H and O–H groups in total. The maximum atomic E-state index is 5.36. The highest BCUT2D eigenvalue weighted by Gasteiger charge is 2.38. The molecule has 1 saturated carbocycles. The van der Waals surface area contributed by atoms with Crippen LogP contribution in [0.3, 0.4) is 0 Å². The zero-order valence-electron chi connectivity index (χ0n) is 16.1. The van der Waals surface area contributed by atoms with Crippen LogP contribution in [0.5, 0.6) is 0 Å². The van der Waals surface area contributed by atoms with E-state index < -0.39 is 0 Å². The molecule has 1 heterocycles. The average molecular weight is 335 g/mol. The van der Waals surface area contributed by atoms with Gasteiger partial charge in [0, 0.05) is 6.07 Å². The van der Waals surface area contributed by atoms with E-state index in [-0.39, 0.29) is 10.8 Å². The van der Waals surface area contributed by atoms with E-state index >= 15 is 0 Å². The molecule has 0 bridgehead atoms. The predicted octanol–water partition coefficient (Wildman–Crippen LogP) is 6.28. The average Bonchev–Trinajstić information content (AvgIpc) is 3.26. The van der Waals surface area contributed by atoms with Crippen molar-refractivity contribution in [2.45, 2.75) is 71.1 Å². The minimum Gasteiger partial charge on any atom is -0.357 e. The largest absolute Gasteiger partial charge is 0.357 e. The molecule has 0 unspecified atom stereocenters. The first-order chi connectivity index (χ1) is 11.8. The van der Waals surface area contributed by atoms with Gasteiger partial charge in [-0.05, 0) is 83.3 Å². The highest BCUT2D eigenvalue weighted by molar-refractivity contribution is 5.84. The van der Waals surface area contributed by atoms with Gasteiger partial charge in [-0.3, -0.25) is 0 Å². The SMILES string of the molecule is Cc1cc2c(cc1C(=Cc1ccno1)C1CC1)C(C)(C)CCC2(C)C. The number of rotatable bonds is 3. The van der Waals surface area contributed by atoms with Crippen molar-refractivity contribution in [1.82, 2.24) is 5.16 Å². The lowest BCUT2D eigenvalue weighted by Gasteiger charge is -2.42. The molecule has 0 atom stereocenters. The van der Waals surface area contributed by atoms with E-state index in [1.165, 1.54) is 47.9 Å². The fraction of sp³-hybridized carbons (Fsp3) is 0.522.